The van der Waals surface area contributed by atoms with E-state index in [1.54, 1.807) is 18.2 Å². The SMILES string of the molecule is C=CC[C@H](NC(=O)OCc1ccccc1)C(O)c1nc2ccccc2o1. The first-order chi connectivity index (χ1) is 12.7. The fourth-order valence-corrected chi connectivity index (χ4v) is 2.55. The number of para-hydroxylation sites is 2. The predicted octanol–water partition coefficient (Wildman–Crippen LogP) is 3.73. The number of aliphatic hydroxyl groups is 1. The summed E-state index contributed by atoms with van der Waals surface area (Å²) in [5.41, 5.74) is 2.10. The number of aliphatic hydroxyl groups excluding tert-OH is 1. The normalized spacial score (nSPS) is 13.1. The van der Waals surface area contributed by atoms with Gasteiger partial charge in [-0.25, -0.2) is 9.78 Å². The number of carbonyl (C=O) groups is 1. The van der Waals surface area contributed by atoms with E-state index >= 15 is 0 Å². The van der Waals surface area contributed by atoms with Crippen LogP contribution in [0.2, 0.25) is 0 Å². The first kappa shape index (κ1) is 17.7. The lowest BCUT2D eigenvalue weighted by molar-refractivity contribution is 0.0871. The number of ether oxygens (including phenoxy) is 1. The summed E-state index contributed by atoms with van der Waals surface area (Å²) in [5, 5.41) is 13.2. The molecule has 2 atom stereocenters. The molecule has 2 aromatic carbocycles. The van der Waals surface area contributed by atoms with Gasteiger partial charge in [0.25, 0.3) is 0 Å². The number of amides is 1. The van der Waals surface area contributed by atoms with Crippen LogP contribution in [0.1, 0.15) is 24.0 Å². The van der Waals surface area contributed by atoms with Crippen LogP contribution in [0, 0.1) is 0 Å². The van der Waals surface area contributed by atoms with Gasteiger partial charge in [-0.05, 0) is 24.1 Å². The number of aromatic nitrogens is 1. The van der Waals surface area contributed by atoms with Gasteiger partial charge in [0, 0.05) is 0 Å². The maximum absolute atomic E-state index is 12.1. The highest BCUT2D eigenvalue weighted by Crippen LogP contribution is 2.23. The van der Waals surface area contributed by atoms with Crippen molar-refractivity contribution >= 4 is 17.2 Å². The number of nitrogens with zero attached hydrogens (tertiary/aromatic N) is 1. The molecular formula is C20H20N2O4. The third-order valence-electron chi connectivity index (χ3n) is 3.88. The lowest BCUT2D eigenvalue weighted by Crippen LogP contribution is -2.39. The van der Waals surface area contributed by atoms with E-state index in [0.717, 1.165) is 5.56 Å². The van der Waals surface area contributed by atoms with Gasteiger partial charge in [0.15, 0.2) is 11.7 Å². The van der Waals surface area contributed by atoms with Crippen molar-refractivity contribution in [2.24, 2.45) is 0 Å². The highest BCUT2D eigenvalue weighted by atomic mass is 16.5. The number of nitrogens with one attached hydrogen (secondary N) is 1. The summed E-state index contributed by atoms with van der Waals surface area (Å²) in [4.78, 5) is 16.4. The molecule has 2 N–H and O–H groups in total. The summed E-state index contributed by atoms with van der Waals surface area (Å²) >= 11 is 0. The molecule has 6 nitrogen and oxygen atoms in total. The van der Waals surface area contributed by atoms with Gasteiger partial charge >= 0.3 is 6.09 Å². The van der Waals surface area contributed by atoms with Gasteiger partial charge in [-0.3, -0.25) is 0 Å². The van der Waals surface area contributed by atoms with E-state index in [1.165, 1.54) is 0 Å². The van der Waals surface area contributed by atoms with Crippen LogP contribution in [0.5, 0.6) is 0 Å². The summed E-state index contributed by atoms with van der Waals surface area (Å²) in [5.74, 6) is 0.140. The number of benzene rings is 2. The second-order valence-corrected chi connectivity index (χ2v) is 5.80. The first-order valence-corrected chi connectivity index (χ1v) is 8.29. The fourth-order valence-electron chi connectivity index (χ4n) is 2.55. The Bertz CT molecular complexity index is 843. The third kappa shape index (κ3) is 4.29. The Morgan fingerprint density at radius 3 is 2.69 bits per heavy atom. The quantitative estimate of drug-likeness (QED) is 0.633. The molecule has 3 rings (SSSR count). The molecule has 0 aliphatic heterocycles. The van der Waals surface area contributed by atoms with Crippen molar-refractivity contribution in [2.45, 2.75) is 25.2 Å². The molecule has 0 saturated heterocycles. The second kappa shape index (κ2) is 8.31. The van der Waals surface area contributed by atoms with E-state index in [1.807, 2.05) is 42.5 Å². The molecule has 1 amide bonds. The van der Waals surface area contributed by atoms with Gasteiger partial charge in [0.05, 0.1) is 6.04 Å². The summed E-state index contributed by atoms with van der Waals surface area (Å²) in [6.45, 7) is 3.81. The number of oxazole rings is 1. The third-order valence-corrected chi connectivity index (χ3v) is 3.88. The molecule has 3 aromatic rings. The van der Waals surface area contributed by atoms with Crippen LogP contribution in [0.25, 0.3) is 11.1 Å². The van der Waals surface area contributed by atoms with Gasteiger partial charge in [-0.1, -0.05) is 48.5 Å². The average molecular weight is 352 g/mol. The molecule has 0 spiro atoms. The zero-order valence-electron chi connectivity index (χ0n) is 14.2. The minimum absolute atomic E-state index is 0.140. The zero-order chi connectivity index (χ0) is 18.4. The Morgan fingerprint density at radius 1 is 1.23 bits per heavy atom. The molecular weight excluding hydrogens is 332 g/mol. The van der Waals surface area contributed by atoms with Crippen LogP contribution < -0.4 is 5.32 Å². The molecule has 0 bridgehead atoms. The van der Waals surface area contributed by atoms with E-state index in [-0.39, 0.29) is 12.5 Å². The van der Waals surface area contributed by atoms with E-state index in [0.29, 0.717) is 17.5 Å². The Labute approximate surface area is 151 Å². The molecule has 1 heterocycles. The van der Waals surface area contributed by atoms with Gasteiger partial charge in [0.1, 0.15) is 12.1 Å². The smallest absolute Gasteiger partial charge is 0.407 e. The fraction of sp³-hybridized carbons (Fsp3) is 0.200. The monoisotopic (exact) mass is 352 g/mol. The molecule has 134 valence electrons. The van der Waals surface area contributed by atoms with Crippen molar-refractivity contribution in [3.8, 4) is 0 Å². The highest BCUT2D eigenvalue weighted by Gasteiger charge is 2.26. The molecule has 0 fully saturated rings. The number of alkyl carbamates (subject to hydrolysis) is 1. The van der Waals surface area contributed by atoms with Crippen molar-refractivity contribution in [2.75, 3.05) is 0 Å². The predicted molar refractivity (Wildman–Crippen MR) is 97.3 cm³/mol. The van der Waals surface area contributed by atoms with Crippen molar-refractivity contribution < 1.29 is 19.1 Å². The molecule has 0 aliphatic rings. The van der Waals surface area contributed by atoms with Crippen LogP contribution in [-0.2, 0) is 11.3 Å². The van der Waals surface area contributed by atoms with E-state index in [4.69, 9.17) is 9.15 Å². The molecule has 0 aliphatic carbocycles. The molecule has 0 radical (unpaired) electrons. The lowest BCUT2D eigenvalue weighted by atomic mass is 10.1. The molecule has 0 saturated carbocycles. The standard InChI is InChI=1S/C20H20N2O4/c1-2-8-16(22-20(24)25-13-14-9-4-3-5-10-14)18(23)19-21-15-11-6-7-12-17(15)26-19/h2-7,9-12,16,18,23H,1,8,13H2,(H,22,24)/t16-,18?/m0/s1. The van der Waals surface area contributed by atoms with E-state index in [2.05, 4.69) is 16.9 Å². The minimum Gasteiger partial charge on any atom is -0.445 e. The molecule has 1 aromatic heterocycles. The summed E-state index contributed by atoms with van der Waals surface area (Å²) in [6.07, 6.45) is 0.189. The van der Waals surface area contributed by atoms with Crippen molar-refractivity contribution in [3.05, 3.63) is 78.7 Å². The second-order valence-electron chi connectivity index (χ2n) is 5.80. The number of carbonyl (C=O) groups excluding carboxylic acids is 1. The topological polar surface area (TPSA) is 84.6 Å². The zero-order valence-corrected chi connectivity index (χ0v) is 14.2. The molecule has 6 heteroatoms. The van der Waals surface area contributed by atoms with E-state index < -0.39 is 18.2 Å². The highest BCUT2D eigenvalue weighted by molar-refractivity contribution is 5.72. The first-order valence-electron chi connectivity index (χ1n) is 8.29. The maximum Gasteiger partial charge on any atom is 0.407 e. The van der Waals surface area contributed by atoms with Gasteiger partial charge in [0.2, 0.25) is 5.89 Å². The van der Waals surface area contributed by atoms with Crippen molar-refractivity contribution in [1.29, 1.82) is 0 Å². The largest absolute Gasteiger partial charge is 0.445 e. The Morgan fingerprint density at radius 2 is 1.96 bits per heavy atom. The van der Waals surface area contributed by atoms with Gasteiger partial charge in [-0.2, -0.15) is 0 Å². The van der Waals surface area contributed by atoms with Gasteiger partial charge < -0.3 is 19.6 Å². The Balaban J connectivity index is 1.65. The van der Waals surface area contributed by atoms with Crippen LogP contribution in [0.3, 0.4) is 0 Å². The number of rotatable bonds is 7. The summed E-state index contributed by atoms with van der Waals surface area (Å²) in [7, 11) is 0. The van der Waals surface area contributed by atoms with Gasteiger partial charge in [-0.15, -0.1) is 6.58 Å². The van der Waals surface area contributed by atoms with Crippen LogP contribution in [0.15, 0.2) is 71.7 Å². The lowest BCUT2D eigenvalue weighted by Gasteiger charge is -2.20. The number of hydrogen-bond acceptors (Lipinski definition) is 5. The Kier molecular flexibility index (Phi) is 5.66. The van der Waals surface area contributed by atoms with Crippen LogP contribution in [0.4, 0.5) is 4.79 Å². The summed E-state index contributed by atoms with van der Waals surface area (Å²) in [6, 6.07) is 15.9. The van der Waals surface area contributed by atoms with Crippen molar-refractivity contribution in [3.63, 3.8) is 0 Å². The molecule has 1 unspecified atom stereocenters. The number of hydrogen-bond donors (Lipinski definition) is 2. The minimum atomic E-state index is -1.12. The maximum atomic E-state index is 12.1. The van der Waals surface area contributed by atoms with Crippen LogP contribution in [-0.4, -0.2) is 22.2 Å². The van der Waals surface area contributed by atoms with E-state index in [9.17, 15) is 9.90 Å². The van der Waals surface area contributed by atoms with Crippen molar-refractivity contribution in [1.82, 2.24) is 10.3 Å². The Hall–Kier alpha value is -3.12. The summed E-state index contributed by atoms with van der Waals surface area (Å²) < 4.78 is 10.8. The number of fused-ring (bicyclic) bond motifs is 1. The molecule has 26 heavy (non-hydrogen) atoms. The average Bonchev–Trinajstić information content (AvgIpc) is 3.10. The van der Waals surface area contributed by atoms with Crippen LogP contribution >= 0.6 is 0 Å².